The van der Waals surface area contributed by atoms with E-state index in [1.807, 2.05) is 26.0 Å². The monoisotopic (exact) mass is 176 g/mol. The molecule has 0 aromatic rings. The fourth-order valence-corrected chi connectivity index (χ4v) is 0.592. The molecular weight excluding hydrogens is 156 g/mol. The summed E-state index contributed by atoms with van der Waals surface area (Å²) in [5.74, 6) is 0. The highest BCUT2D eigenvalue weighted by molar-refractivity contribution is 5.12. The van der Waals surface area contributed by atoms with Gasteiger partial charge in [-0.3, -0.25) is 0 Å². The maximum Gasteiger partial charge on any atom is -0.00999 e. The predicted molar refractivity (Wildman–Crippen MR) is 59.7 cm³/mol. The molecule has 0 aromatic heterocycles. The minimum atomic E-state index is 0.218. The van der Waals surface area contributed by atoms with Gasteiger partial charge in [-0.25, -0.2) is 0 Å². The minimum Gasteiger partial charge on any atom is -0.122 e. The van der Waals surface area contributed by atoms with Crippen molar-refractivity contribution in [2.75, 3.05) is 0 Å². The van der Waals surface area contributed by atoms with Crippen molar-refractivity contribution in [3.05, 3.63) is 34.8 Å². The van der Waals surface area contributed by atoms with E-state index in [2.05, 4.69) is 39.2 Å². The Labute approximate surface area is 82.4 Å². The van der Waals surface area contributed by atoms with E-state index in [1.165, 1.54) is 11.1 Å². The molecule has 0 bridgehead atoms. The molecule has 13 heavy (non-hydrogen) atoms. The normalized spacial score (nSPS) is 9.69. The van der Waals surface area contributed by atoms with Crippen molar-refractivity contribution in [1.82, 2.24) is 0 Å². The molecule has 0 amide bonds. The Kier molecular flexibility index (Phi) is 4.56. The van der Waals surface area contributed by atoms with Crippen molar-refractivity contribution in [3.8, 4) is 0 Å². The third-order valence-corrected chi connectivity index (χ3v) is 1.88. The molecule has 0 N–H and O–H groups in total. The van der Waals surface area contributed by atoms with E-state index in [1.54, 1.807) is 0 Å². The van der Waals surface area contributed by atoms with Crippen LogP contribution in [0.4, 0.5) is 0 Å². The number of hydrogen-bond donors (Lipinski definition) is 0. The van der Waals surface area contributed by atoms with Gasteiger partial charge in [-0.2, -0.15) is 0 Å². The van der Waals surface area contributed by atoms with E-state index in [0.717, 1.165) is 0 Å². The molecule has 0 rings (SSSR count). The van der Waals surface area contributed by atoms with Crippen LogP contribution in [-0.2, 0) is 0 Å². The molecule has 0 aromatic carbocycles. The van der Waals surface area contributed by atoms with Crippen LogP contribution in [-0.4, -0.2) is 0 Å². The highest BCUT2D eigenvalue weighted by Gasteiger charge is 2.10. The molecule has 0 atom stereocenters. The smallest absolute Gasteiger partial charge is 0.00999 e. The second-order valence-electron chi connectivity index (χ2n) is 4.50. The van der Waals surface area contributed by atoms with Gasteiger partial charge in [0, 0.05) is 0 Å². The van der Waals surface area contributed by atoms with Crippen molar-refractivity contribution in [2.45, 2.75) is 41.5 Å². The van der Waals surface area contributed by atoms with Gasteiger partial charge >= 0.3 is 0 Å². The van der Waals surface area contributed by atoms with Gasteiger partial charge in [-0.05, 0) is 49.5 Å². The van der Waals surface area contributed by atoms with Gasteiger partial charge in [0.05, 0.1) is 0 Å². The Balaban J connectivity index is 4.68. The van der Waals surface area contributed by atoms with Crippen molar-refractivity contribution < 1.29 is 0 Å². The fraction of sp³-hybridized carbons (Fsp3) is 0.538. The van der Waals surface area contributed by atoms with Gasteiger partial charge in [0.25, 0.3) is 0 Å². The largest absolute Gasteiger partial charge is 0.122 e. The summed E-state index contributed by atoms with van der Waals surface area (Å²) in [6.07, 6.45) is 3.83. The summed E-state index contributed by atoms with van der Waals surface area (Å²) < 4.78 is 0. The predicted octanol–water partition coefficient (Wildman–Crippen LogP) is 4.26. The lowest BCUT2D eigenvalue weighted by molar-refractivity contribution is 0.505. The van der Waals surface area contributed by atoms with Crippen LogP contribution in [0.5, 0.6) is 0 Å². The fourth-order valence-electron chi connectivity index (χ4n) is 0.592. The second-order valence-corrected chi connectivity index (χ2v) is 4.50. The summed E-state index contributed by atoms with van der Waals surface area (Å²) in [4.78, 5) is 0. The van der Waals surface area contributed by atoms with E-state index in [9.17, 15) is 0 Å². The summed E-state index contributed by atoms with van der Waals surface area (Å²) in [6.45, 7) is 12.7. The third-order valence-electron chi connectivity index (χ3n) is 1.88. The van der Waals surface area contributed by atoms with Crippen LogP contribution in [0.15, 0.2) is 34.8 Å². The summed E-state index contributed by atoms with van der Waals surface area (Å²) in [5, 5.41) is 0. The quantitative estimate of drug-likeness (QED) is 0.414. The molecule has 0 aliphatic rings. The van der Waals surface area contributed by atoms with Crippen LogP contribution in [0.25, 0.3) is 0 Å². The molecule has 0 aliphatic heterocycles. The van der Waals surface area contributed by atoms with Crippen LogP contribution in [0.1, 0.15) is 41.5 Å². The molecule has 0 radical (unpaired) electrons. The molecular formula is C13H20. The Morgan fingerprint density at radius 2 is 1.38 bits per heavy atom. The first-order chi connectivity index (χ1) is 5.84. The lowest BCUT2D eigenvalue weighted by atomic mass is 9.88. The van der Waals surface area contributed by atoms with Gasteiger partial charge in [0.1, 0.15) is 0 Å². The van der Waals surface area contributed by atoms with E-state index in [-0.39, 0.29) is 5.41 Å². The summed E-state index contributed by atoms with van der Waals surface area (Å²) in [5.41, 5.74) is 9.02. The van der Waals surface area contributed by atoms with E-state index >= 15 is 0 Å². The van der Waals surface area contributed by atoms with Gasteiger partial charge in [0.2, 0.25) is 0 Å². The van der Waals surface area contributed by atoms with Crippen molar-refractivity contribution >= 4 is 0 Å². The van der Waals surface area contributed by atoms with Crippen LogP contribution in [0.2, 0.25) is 0 Å². The first-order valence-electron chi connectivity index (χ1n) is 4.66. The molecule has 0 aliphatic carbocycles. The van der Waals surface area contributed by atoms with Crippen molar-refractivity contribution in [1.29, 1.82) is 0 Å². The minimum absolute atomic E-state index is 0.218. The van der Waals surface area contributed by atoms with Gasteiger partial charge in [0.15, 0.2) is 0 Å². The maximum atomic E-state index is 3.24. The molecule has 0 saturated carbocycles. The zero-order valence-electron chi connectivity index (χ0n) is 9.65. The highest BCUT2D eigenvalue weighted by atomic mass is 14.1. The first kappa shape index (κ1) is 12.0. The Bertz CT molecular complexity index is 278. The van der Waals surface area contributed by atoms with Crippen LogP contribution >= 0.6 is 0 Å². The molecule has 0 unspecified atom stereocenters. The first-order valence-corrected chi connectivity index (χ1v) is 4.66. The molecule has 0 heterocycles. The average Bonchev–Trinajstić information content (AvgIpc) is 1.95. The molecule has 72 valence electrons. The highest BCUT2D eigenvalue weighted by Crippen LogP contribution is 2.22. The summed E-state index contributed by atoms with van der Waals surface area (Å²) >= 11 is 0. The summed E-state index contributed by atoms with van der Waals surface area (Å²) in [7, 11) is 0. The zero-order chi connectivity index (χ0) is 10.5. The molecule has 0 spiro atoms. The number of allylic oxidation sites excluding steroid dienone is 2. The Morgan fingerprint density at radius 3 is 1.77 bits per heavy atom. The Morgan fingerprint density at radius 1 is 0.923 bits per heavy atom. The zero-order valence-corrected chi connectivity index (χ0v) is 9.65. The Hall–Kier alpha value is -0.960. The topological polar surface area (TPSA) is 0 Å². The molecule has 0 fully saturated rings. The lowest BCUT2D eigenvalue weighted by Gasteiger charge is -2.16. The number of hydrogen-bond acceptors (Lipinski definition) is 0. The van der Waals surface area contributed by atoms with Gasteiger partial charge < -0.3 is 0 Å². The summed E-state index contributed by atoms with van der Waals surface area (Å²) in [6, 6.07) is 0. The van der Waals surface area contributed by atoms with Crippen LogP contribution < -0.4 is 0 Å². The molecule has 0 heteroatoms. The molecule has 0 nitrogen and oxygen atoms in total. The van der Waals surface area contributed by atoms with Gasteiger partial charge in [-0.15, -0.1) is 11.5 Å². The van der Waals surface area contributed by atoms with Crippen molar-refractivity contribution in [3.63, 3.8) is 0 Å². The maximum absolute atomic E-state index is 3.24. The van der Waals surface area contributed by atoms with Crippen molar-refractivity contribution in [2.24, 2.45) is 5.41 Å². The molecule has 0 saturated heterocycles. The average molecular weight is 176 g/mol. The van der Waals surface area contributed by atoms with Gasteiger partial charge in [-0.1, -0.05) is 20.8 Å². The van der Waals surface area contributed by atoms with Crippen LogP contribution in [0.3, 0.4) is 0 Å². The second kappa shape index (κ2) is 4.92. The SMILES string of the molecule is CC(C)=C=CC=C=C(C)C(C)(C)C. The van der Waals surface area contributed by atoms with E-state index < -0.39 is 0 Å². The van der Waals surface area contributed by atoms with E-state index in [0.29, 0.717) is 0 Å². The standard InChI is InChI=1S/C13H20/c1-11(2)9-7-8-10-12(3)13(4,5)6/h7-8H,1-6H3. The van der Waals surface area contributed by atoms with Crippen LogP contribution in [0, 0.1) is 5.41 Å². The lowest BCUT2D eigenvalue weighted by Crippen LogP contribution is -2.04. The third kappa shape index (κ3) is 6.22. The number of rotatable bonds is 1. The van der Waals surface area contributed by atoms with E-state index in [4.69, 9.17) is 0 Å².